The van der Waals surface area contributed by atoms with E-state index in [1.54, 1.807) is 0 Å². The molecule has 392 valence electrons. The van der Waals surface area contributed by atoms with Crippen molar-refractivity contribution in [2.75, 3.05) is 39.4 Å². The van der Waals surface area contributed by atoms with Gasteiger partial charge in [0.2, 0.25) is 0 Å². The van der Waals surface area contributed by atoms with Crippen molar-refractivity contribution in [3.05, 3.63) is 0 Å². The van der Waals surface area contributed by atoms with Gasteiger partial charge in [0.1, 0.15) is 81.0 Å². The topological polar surface area (TPSA) is 187 Å². The van der Waals surface area contributed by atoms with Crippen molar-refractivity contribution in [3.63, 3.8) is 0 Å². The van der Waals surface area contributed by atoms with E-state index in [9.17, 15) is 41.5 Å². The van der Waals surface area contributed by atoms with Gasteiger partial charge in [0.15, 0.2) is 18.0 Å². The number of ketones is 1. The Morgan fingerprint density at radius 2 is 1.07 bits per heavy atom. The Bertz CT molecular complexity index is 1750. The molecule has 68 heavy (non-hydrogen) atoms. The third-order valence-electron chi connectivity index (χ3n) is 14.5. The number of ether oxygens (including phenoxy) is 6. The molecule has 0 radical (unpaired) electrons. The molecule has 8 bridgehead atoms. The zero-order chi connectivity index (χ0) is 48.3. The predicted octanol–water partition coefficient (Wildman–Crippen LogP) is 6.57. The fourth-order valence-electron chi connectivity index (χ4n) is 11.6. The van der Waals surface area contributed by atoms with Crippen LogP contribution < -0.4 is 0 Å². The van der Waals surface area contributed by atoms with Crippen molar-refractivity contribution >= 4 is 42.1 Å². The molecule has 8 aliphatic carbocycles. The number of halogens is 4. The summed E-state index contributed by atoms with van der Waals surface area (Å²) in [4.78, 5) is 57.0. The van der Waals surface area contributed by atoms with Crippen LogP contribution in [0.5, 0.6) is 0 Å². The van der Waals surface area contributed by atoms with Gasteiger partial charge < -0.3 is 38.6 Å². The molecule has 0 aromatic carbocycles. The van der Waals surface area contributed by atoms with Crippen LogP contribution in [0.3, 0.4) is 0 Å². The molecular formula is C49H82F4N2O13+2. The number of esters is 4. The molecule has 8 atom stereocenters. The molecule has 11 fully saturated rings. The monoisotopic (exact) mass is 983 g/mol. The smallest absolute Gasteiger partial charge is 0.377 e. The van der Waals surface area contributed by atoms with Gasteiger partial charge in [-0.25, -0.2) is 28.3 Å². The van der Waals surface area contributed by atoms with Gasteiger partial charge in [-0.3, -0.25) is 4.79 Å². The van der Waals surface area contributed by atoms with Crippen LogP contribution in [0.4, 0.5) is 17.6 Å². The van der Waals surface area contributed by atoms with Crippen LogP contribution in [0.1, 0.15) is 142 Å². The molecule has 3 heterocycles. The first-order chi connectivity index (χ1) is 30.4. The number of aliphatic hydroxyl groups excluding tert-OH is 2. The highest BCUT2D eigenvalue weighted by Crippen LogP contribution is 2.65. The van der Waals surface area contributed by atoms with Crippen molar-refractivity contribution < 1.29 is 89.3 Å². The van der Waals surface area contributed by atoms with Crippen molar-refractivity contribution in [2.45, 2.75) is 195 Å². The predicted molar refractivity (Wildman–Crippen MR) is 244 cm³/mol. The van der Waals surface area contributed by atoms with Gasteiger partial charge in [0, 0.05) is 51.4 Å². The molecule has 3 saturated heterocycles. The van der Waals surface area contributed by atoms with Crippen LogP contribution in [0.2, 0.25) is 0 Å². The average molecular weight is 983 g/mol. The van der Waals surface area contributed by atoms with Crippen molar-refractivity contribution in [1.29, 1.82) is 0 Å². The molecule has 11 aliphatic rings. The first kappa shape index (κ1) is 60.6. The number of aliphatic hydroxyl groups is 2. The number of alkyl halides is 4. The Morgan fingerprint density at radius 3 is 1.40 bits per heavy atom. The van der Waals surface area contributed by atoms with E-state index < -0.39 is 77.1 Å². The fourth-order valence-corrected chi connectivity index (χ4v) is 11.6. The van der Waals surface area contributed by atoms with E-state index in [4.69, 9.17) is 33.9 Å². The largest absolute Gasteiger partial charge is 0.461 e. The Hall–Kier alpha value is -3.55. The highest BCUT2D eigenvalue weighted by atomic mass is 19.3. The highest BCUT2D eigenvalue weighted by molar-refractivity contribution is 5.86. The Kier molecular flexibility index (Phi) is 21.4. The van der Waals surface area contributed by atoms with Crippen molar-refractivity contribution in [1.82, 2.24) is 0 Å². The number of rotatable bonds is 8. The summed E-state index contributed by atoms with van der Waals surface area (Å²) in [5, 5.41) is 17.1. The Balaban J connectivity index is 0.000000323. The van der Waals surface area contributed by atoms with E-state index in [1.807, 2.05) is 0 Å². The third kappa shape index (κ3) is 13.4. The molecule has 15 nitrogen and oxygen atoms in total. The average Bonchev–Trinajstić information content (AvgIpc) is 3.89. The first-order valence-corrected chi connectivity index (χ1v) is 23.3. The van der Waals surface area contributed by atoms with Crippen molar-refractivity contribution in [2.24, 2.45) is 35.5 Å². The molecule has 2 N–H and O–H groups in total. The van der Waals surface area contributed by atoms with Crippen LogP contribution in [-0.4, -0.2) is 154 Å². The molecule has 6 unspecified atom stereocenters. The maximum absolute atomic E-state index is 13.3. The minimum Gasteiger partial charge on any atom is -0.461 e. The first-order valence-electron chi connectivity index (χ1n) is 23.3. The molecule has 19 heteroatoms. The van der Waals surface area contributed by atoms with Crippen LogP contribution in [0.25, 0.3) is 0 Å². The van der Waals surface area contributed by atoms with Crippen LogP contribution in [-0.2, 0) is 52.4 Å². The Labute approximate surface area is 400 Å². The lowest BCUT2D eigenvalue weighted by atomic mass is 9.51. The summed E-state index contributed by atoms with van der Waals surface area (Å²) in [5.74, 6) is -11.2. The van der Waals surface area contributed by atoms with Gasteiger partial charge in [-0.1, -0.05) is 22.3 Å². The van der Waals surface area contributed by atoms with E-state index in [0.717, 1.165) is 51.9 Å². The lowest BCUT2D eigenvalue weighted by molar-refractivity contribution is -0.516. The number of hydrogen-bond acceptors (Lipinski definition) is 13. The number of hydrogen-bond donors (Lipinski definition) is 2. The molecule has 0 amide bonds. The van der Waals surface area contributed by atoms with Gasteiger partial charge >= 0.3 is 35.7 Å². The van der Waals surface area contributed by atoms with Gasteiger partial charge in [0.05, 0.1) is 0 Å². The van der Waals surface area contributed by atoms with Gasteiger partial charge in [-0.2, -0.15) is 17.6 Å². The quantitative estimate of drug-likeness (QED) is 0.0876. The Morgan fingerprint density at radius 1 is 0.662 bits per heavy atom. The second-order valence-electron chi connectivity index (χ2n) is 19.2. The summed E-state index contributed by atoms with van der Waals surface area (Å²) in [6.07, 6.45) is 7.18. The lowest BCUT2D eigenvalue weighted by Gasteiger charge is -2.62. The highest BCUT2D eigenvalue weighted by Gasteiger charge is 2.71. The number of nitrogens with zero attached hydrogens (tertiary/aromatic N) is 2. The van der Waals surface area contributed by atoms with E-state index in [2.05, 4.69) is 67.9 Å². The summed E-state index contributed by atoms with van der Waals surface area (Å²) in [6.45, 7) is 18.5. The number of Topliss-reactive ketones (excluding diaryl/α,β-unsaturated/α-hetero) is 1. The molecule has 3 aliphatic heterocycles. The third-order valence-corrected chi connectivity index (χ3v) is 14.5. The second kappa shape index (κ2) is 24.0. The maximum Gasteiger partial charge on any atom is 0.377 e. The number of fused-ring (bicyclic) bond motifs is 1. The standard InChI is InChI=1S/C17H20F2O6.C13H16F2O3.2C6H14N.C4H6O4.3CH4/c1-15(18,19)14(21)25-16-4-8-2-9(5-16)17(10(3-8)6-16)23-11-7-22-13(20)12(11)24-17;1-12(14,15)11(17)18-13-4-7-2-8(5-13)10(16)9(3-7)6-13;2*1-4-7(5-2)6-3;5-2-1-8-4(7)3(2)6;;;/h8-12H,2-7H2,1H3;7-9H,2-6H2,1H3;2*4H,5-6H2,1-3H3;2-3,5-6H,1H2;3*1H4/q;;2*+1;;;;/t;;;;2-,3-;;;/m....1.../s1. The van der Waals surface area contributed by atoms with Gasteiger partial charge in [-0.15, -0.1) is 0 Å². The maximum atomic E-state index is 13.3. The van der Waals surface area contributed by atoms with E-state index >= 15 is 0 Å². The molecule has 11 rings (SSSR count). The van der Waals surface area contributed by atoms with E-state index in [0.29, 0.717) is 64.2 Å². The van der Waals surface area contributed by atoms with E-state index in [-0.39, 0.29) is 64.9 Å². The number of carbonyl (C=O) groups excluding carboxylic acids is 5. The molecule has 1 spiro atoms. The number of cyclic esters (lactones) is 2. The summed E-state index contributed by atoms with van der Waals surface area (Å²) in [7, 11) is 0. The van der Waals surface area contributed by atoms with Gasteiger partial charge in [-0.05, 0) is 104 Å². The number of carbonyl (C=O) groups is 5. The summed E-state index contributed by atoms with van der Waals surface area (Å²) in [6, 6.07) is 0. The van der Waals surface area contributed by atoms with Crippen LogP contribution in [0, 0.1) is 35.5 Å². The second-order valence-corrected chi connectivity index (χ2v) is 19.2. The summed E-state index contributed by atoms with van der Waals surface area (Å²) < 4.78 is 89.0. The minimum atomic E-state index is -3.50. The fraction of sp³-hybridized carbons (Fsp3) is 0.857. The molecule has 0 aromatic rings. The summed E-state index contributed by atoms with van der Waals surface area (Å²) in [5.41, 5.74) is -1.65. The SMILES string of the molecule is C.C.C.CC(F)(F)C(=O)OC12CC3CC(C1)C(=O)C(C3)C2.CC(F)(F)C(=O)OC12CC3CC(C1)C1(OC4COC(=O)C4O1)C(C3)C2.CC=[N+](CC)CC.CC=[N+](CC)CC.O=C1OC[C@@H](O)[C@H]1O. The lowest BCUT2D eigenvalue weighted by Crippen LogP contribution is -2.65. The zero-order valence-electron chi connectivity index (χ0n) is 39.0. The molecule has 0 aromatic heterocycles. The van der Waals surface area contributed by atoms with Crippen LogP contribution >= 0.6 is 0 Å². The minimum absolute atomic E-state index is 0. The van der Waals surface area contributed by atoms with Gasteiger partial charge in [0.25, 0.3) is 0 Å². The normalized spacial score (nSPS) is 35.8. The summed E-state index contributed by atoms with van der Waals surface area (Å²) >= 11 is 0. The van der Waals surface area contributed by atoms with Crippen molar-refractivity contribution in [3.8, 4) is 0 Å². The molecular weight excluding hydrogens is 901 g/mol. The zero-order valence-corrected chi connectivity index (χ0v) is 39.0. The van der Waals surface area contributed by atoms with E-state index in [1.165, 1.54) is 0 Å². The van der Waals surface area contributed by atoms with Crippen LogP contribution in [0.15, 0.2) is 0 Å². The molecule has 8 saturated carbocycles.